The van der Waals surface area contributed by atoms with Gasteiger partial charge in [0.2, 0.25) is 11.9 Å². The van der Waals surface area contributed by atoms with Crippen LogP contribution < -0.4 is 4.90 Å². The summed E-state index contributed by atoms with van der Waals surface area (Å²) in [5.74, 6) is 1.56. The quantitative estimate of drug-likeness (QED) is 0.841. The highest BCUT2D eigenvalue weighted by Crippen LogP contribution is 2.15. The number of amides is 1. The molecular weight excluding hydrogens is 282 g/mol. The Morgan fingerprint density at radius 2 is 1.86 bits per heavy atom. The molecule has 1 aliphatic heterocycles. The van der Waals surface area contributed by atoms with Gasteiger partial charge in [-0.05, 0) is 19.9 Å². The van der Waals surface area contributed by atoms with Crippen molar-refractivity contribution in [1.29, 1.82) is 0 Å². The number of piperazine rings is 1. The first-order valence-corrected chi connectivity index (χ1v) is 7.36. The number of anilines is 1. The van der Waals surface area contributed by atoms with E-state index in [1.165, 1.54) is 0 Å². The van der Waals surface area contributed by atoms with Crippen molar-refractivity contribution in [1.82, 2.24) is 20.0 Å². The van der Waals surface area contributed by atoms with Crippen LogP contribution in [0.4, 0.5) is 5.95 Å². The number of rotatable bonds is 3. The average molecular weight is 301 g/mol. The molecule has 116 valence electrons. The molecule has 3 rings (SSSR count). The van der Waals surface area contributed by atoms with E-state index in [2.05, 4.69) is 20.0 Å². The van der Waals surface area contributed by atoms with E-state index in [1.54, 1.807) is 18.5 Å². The molecule has 0 aliphatic carbocycles. The molecule has 0 aromatic carbocycles. The molecule has 0 spiro atoms. The monoisotopic (exact) mass is 301 g/mol. The number of hydrogen-bond acceptors (Lipinski definition) is 6. The van der Waals surface area contributed by atoms with Crippen molar-refractivity contribution < 1.29 is 9.32 Å². The van der Waals surface area contributed by atoms with Crippen LogP contribution in [0.25, 0.3) is 0 Å². The van der Waals surface area contributed by atoms with Crippen molar-refractivity contribution in [3.63, 3.8) is 0 Å². The number of carbonyl (C=O) groups excluding carboxylic acids is 1. The lowest BCUT2D eigenvalue weighted by atomic mass is 10.1. The lowest BCUT2D eigenvalue weighted by Gasteiger charge is -2.34. The van der Waals surface area contributed by atoms with Gasteiger partial charge < -0.3 is 14.3 Å². The Morgan fingerprint density at radius 1 is 1.18 bits per heavy atom. The van der Waals surface area contributed by atoms with E-state index in [0.717, 1.165) is 36.1 Å². The zero-order valence-corrected chi connectivity index (χ0v) is 12.8. The molecule has 1 aliphatic rings. The van der Waals surface area contributed by atoms with Crippen LogP contribution in [0, 0.1) is 13.8 Å². The predicted octanol–water partition coefficient (Wildman–Crippen LogP) is 0.973. The molecule has 1 fully saturated rings. The summed E-state index contributed by atoms with van der Waals surface area (Å²) >= 11 is 0. The van der Waals surface area contributed by atoms with Crippen LogP contribution in [0.1, 0.15) is 17.0 Å². The molecule has 2 aromatic heterocycles. The van der Waals surface area contributed by atoms with Gasteiger partial charge in [-0.3, -0.25) is 4.79 Å². The largest absolute Gasteiger partial charge is 0.361 e. The van der Waals surface area contributed by atoms with Crippen LogP contribution in [-0.4, -0.2) is 52.1 Å². The van der Waals surface area contributed by atoms with Gasteiger partial charge in [0.1, 0.15) is 5.76 Å². The van der Waals surface area contributed by atoms with E-state index in [-0.39, 0.29) is 5.91 Å². The van der Waals surface area contributed by atoms with Crippen molar-refractivity contribution in [2.24, 2.45) is 0 Å². The van der Waals surface area contributed by atoms with Gasteiger partial charge in [-0.15, -0.1) is 0 Å². The summed E-state index contributed by atoms with van der Waals surface area (Å²) < 4.78 is 5.11. The minimum absolute atomic E-state index is 0.114. The van der Waals surface area contributed by atoms with E-state index in [9.17, 15) is 4.79 Å². The lowest BCUT2D eigenvalue weighted by Crippen LogP contribution is -2.49. The summed E-state index contributed by atoms with van der Waals surface area (Å²) in [6, 6.07) is 1.80. The molecule has 1 amide bonds. The first kappa shape index (κ1) is 14.5. The maximum atomic E-state index is 12.4. The van der Waals surface area contributed by atoms with E-state index in [1.807, 2.05) is 18.7 Å². The number of carbonyl (C=O) groups is 1. The number of hydrogen-bond donors (Lipinski definition) is 0. The van der Waals surface area contributed by atoms with Crippen LogP contribution in [0.3, 0.4) is 0 Å². The second-order valence-electron chi connectivity index (χ2n) is 5.40. The van der Waals surface area contributed by atoms with E-state index in [0.29, 0.717) is 19.5 Å². The molecule has 0 saturated carbocycles. The Hall–Kier alpha value is -2.44. The van der Waals surface area contributed by atoms with E-state index in [4.69, 9.17) is 4.52 Å². The summed E-state index contributed by atoms with van der Waals surface area (Å²) in [5, 5.41) is 3.90. The van der Waals surface area contributed by atoms with Gasteiger partial charge in [0, 0.05) is 44.1 Å². The first-order valence-electron chi connectivity index (χ1n) is 7.36. The van der Waals surface area contributed by atoms with Crippen molar-refractivity contribution in [2.75, 3.05) is 31.1 Å². The summed E-state index contributed by atoms with van der Waals surface area (Å²) in [7, 11) is 0. The smallest absolute Gasteiger partial charge is 0.227 e. The molecule has 3 heterocycles. The fourth-order valence-corrected chi connectivity index (χ4v) is 2.63. The lowest BCUT2D eigenvalue weighted by molar-refractivity contribution is -0.130. The molecule has 7 nitrogen and oxygen atoms in total. The predicted molar refractivity (Wildman–Crippen MR) is 80.5 cm³/mol. The van der Waals surface area contributed by atoms with Gasteiger partial charge in [-0.25, -0.2) is 9.97 Å². The maximum Gasteiger partial charge on any atom is 0.227 e. The second kappa shape index (κ2) is 6.13. The Morgan fingerprint density at radius 3 is 2.45 bits per heavy atom. The standard InChI is InChI=1S/C15H19N5O2/c1-11-13(12(2)22-18-11)10-14(21)19-6-8-20(9-7-19)15-16-4-3-5-17-15/h3-5H,6-10H2,1-2H3. The number of nitrogens with zero attached hydrogens (tertiary/aromatic N) is 5. The molecule has 0 N–H and O–H groups in total. The van der Waals surface area contributed by atoms with Gasteiger partial charge in [0.05, 0.1) is 12.1 Å². The molecule has 22 heavy (non-hydrogen) atoms. The first-order chi connectivity index (χ1) is 10.6. The Balaban J connectivity index is 1.58. The van der Waals surface area contributed by atoms with E-state index < -0.39 is 0 Å². The summed E-state index contributed by atoms with van der Waals surface area (Å²) in [6.07, 6.45) is 3.82. The minimum Gasteiger partial charge on any atom is -0.361 e. The summed E-state index contributed by atoms with van der Waals surface area (Å²) in [5.41, 5.74) is 1.70. The van der Waals surface area contributed by atoms with Crippen LogP contribution in [0.15, 0.2) is 23.0 Å². The zero-order chi connectivity index (χ0) is 15.5. The molecule has 7 heteroatoms. The molecule has 0 bridgehead atoms. The van der Waals surface area contributed by atoms with Crippen molar-refractivity contribution in [3.05, 3.63) is 35.5 Å². The maximum absolute atomic E-state index is 12.4. The fraction of sp³-hybridized carbons (Fsp3) is 0.467. The molecule has 0 radical (unpaired) electrons. The third-order valence-electron chi connectivity index (χ3n) is 3.98. The van der Waals surface area contributed by atoms with Gasteiger partial charge in [-0.1, -0.05) is 5.16 Å². The zero-order valence-electron chi connectivity index (χ0n) is 12.8. The SMILES string of the molecule is Cc1noc(C)c1CC(=O)N1CCN(c2ncccn2)CC1. The minimum atomic E-state index is 0.114. The molecule has 0 unspecified atom stereocenters. The Kier molecular flexibility index (Phi) is 4.04. The van der Waals surface area contributed by atoms with Crippen LogP contribution in [0.5, 0.6) is 0 Å². The normalized spacial score (nSPS) is 15.2. The Bertz CT molecular complexity index is 628. The topological polar surface area (TPSA) is 75.4 Å². The van der Waals surface area contributed by atoms with Gasteiger partial charge in [-0.2, -0.15) is 0 Å². The third-order valence-corrected chi connectivity index (χ3v) is 3.98. The highest BCUT2D eigenvalue weighted by atomic mass is 16.5. The molecule has 1 saturated heterocycles. The second-order valence-corrected chi connectivity index (χ2v) is 5.40. The van der Waals surface area contributed by atoms with Gasteiger partial charge >= 0.3 is 0 Å². The highest BCUT2D eigenvalue weighted by Gasteiger charge is 2.24. The van der Waals surface area contributed by atoms with Crippen LogP contribution in [0.2, 0.25) is 0 Å². The van der Waals surface area contributed by atoms with Crippen molar-refractivity contribution >= 4 is 11.9 Å². The van der Waals surface area contributed by atoms with Crippen LogP contribution >= 0.6 is 0 Å². The molecule has 0 atom stereocenters. The summed E-state index contributed by atoms with van der Waals surface area (Å²) in [4.78, 5) is 24.9. The number of aryl methyl sites for hydroxylation is 2. The highest BCUT2D eigenvalue weighted by molar-refractivity contribution is 5.79. The average Bonchev–Trinajstić information content (AvgIpc) is 2.88. The number of aromatic nitrogens is 3. The van der Waals surface area contributed by atoms with E-state index >= 15 is 0 Å². The van der Waals surface area contributed by atoms with Gasteiger partial charge in [0.15, 0.2) is 0 Å². The molecular formula is C15H19N5O2. The third kappa shape index (κ3) is 2.93. The molecule has 2 aromatic rings. The van der Waals surface area contributed by atoms with Gasteiger partial charge in [0.25, 0.3) is 0 Å². The summed E-state index contributed by atoms with van der Waals surface area (Å²) in [6.45, 7) is 6.56. The fourth-order valence-electron chi connectivity index (χ4n) is 2.63. The van der Waals surface area contributed by atoms with Crippen molar-refractivity contribution in [2.45, 2.75) is 20.3 Å². The van der Waals surface area contributed by atoms with Crippen molar-refractivity contribution in [3.8, 4) is 0 Å². The van der Waals surface area contributed by atoms with Crippen LogP contribution in [-0.2, 0) is 11.2 Å². The Labute approximate surface area is 128 Å².